The van der Waals surface area contributed by atoms with Crippen LogP contribution >= 0.6 is 0 Å². The van der Waals surface area contributed by atoms with Crippen LogP contribution in [-0.2, 0) is 6.42 Å². The van der Waals surface area contributed by atoms with Gasteiger partial charge in [-0.05, 0) is 35.6 Å². The molecule has 1 heterocycles. The fraction of sp³-hybridized carbons (Fsp3) is 0.200. The highest BCUT2D eigenvalue weighted by Crippen LogP contribution is 2.26. The Labute approximate surface area is 100 Å². The number of ketones is 1. The Hall–Kier alpha value is -1.96. The predicted molar refractivity (Wildman–Crippen MR) is 66.9 cm³/mol. The van der Waals surface area contributed by atoms with Gasteiger partial charge in [0, 0.05) is 24.4 Å². The minimum atomic E-state index is 0.281. The Morgan fingerprint density at radius 1 is 1.06 bits per heavy atom. The van der Waals surface area contributed by atoms with Crippen LogP contribution in [0.15, 0.2) is 42.7 Å². The molecule has 84 valence electrons. The van der Waals surface area contributed by atoms with E-state index in [2.05, 4.69) is 11.1 Å². The molecule has 1 aromatic carbocycles. The summed E-state index contributed by atoms with van der Waals surface area (Å²) in [5.41, 5.74) is 4.34. The summed E-state index contributed by atoms with van der Waals surface area (Å²) in [6, 6.07) is 10.1. The van der Waals surface area contributed by atoms with Crippen molar-refractivity contribution in [3.8, 4) is 11.1 Å². The second kappa shape index (κ2) is 4.13. The molecular formula is C15H13NO. The molecular weight excluding hydrogens is 210 g/mol. The lowest BCUT2D eigenvalue weighted by Crippen LogP contribution is -2.10. The first-order valence-electron chi connectivity index (χ1n) is 5.91. The van der Waals surface area contributed by atoms with E-state index in [0.717, 1.165) is 29.5 Å². The van der Waals surface area contributed by atoms with Crippen LogP contribution in [0.1, 0.15) is 28.8 Å². The van der Waals surface area contributed by atoms with Gasteiger partial charge in [0.25, 0.3) is 0 Å². The average molecular weight is 223 g/mol. The summed E-state index contributed by atoms with van der Waals surface area (Å²) in [6.07, 6.45) is 6.30. The molecule has 0 bridgehead atoms. The van der Waals surface area contributed by atoms with Gasteiger partial charge < -0.3 is 0 Å². The van der Waals surface area contributed by atoms with E-state index in [-0.39, 0.29) is 5.78 Å². The molecule has 0 N–H and O–H groups in total. The Balaban J connectivity index is 2.07. The topological polar surface area (TPSA) is 30.0 Å². The van der Waals surface area contributed by atoms with Crippen LogP contribution in [0.5, 0.6) is 0 Å². The summed E-state index contributed by atoms with van der Waals surface area (Å²) < 4.78 is 0. The molecule has 0 spiro atoms. The standard InChI is InChI=1S/C15H13NO/c17-15-5-1-3-12-9-11(6-7-14(12)15)13-4-2-8-16-10-13/h2,4,6-10H,1,3,5H2. The third-order valence-electron chi connectivity index (χ3n) is 3.25. The number of rotatable bonds is 1. The largest absolute Gasteiger partial charge is 0.294 e. The molecule has 2 heteroatoms. The molecule has 2 nitrogen and oxygen atoms in total. The Kier molecular flexibility index (Phi) is 2.48. The number of Topliss-reactive ketones (excluding diaryl/α,β-unsaturated/α-hetero) is 1. The molecule has 2 aromatic rings. The van der Waals surface area contributed by atoms with Crippen LogP contribution in [0, 0.1) is 0 Å². The molecule has 3 rings (SSSR count). The number of nitrogens with zero attached hydrogens (tertiary/aromatic N) is 1. The fourth-order valence-electron chi connectivity index (χ4n) is 2.36. The lowest BCUT2D eigenvalue weighted by molar-refractivity contribution is 0.0972. The van der Waals surface area contributed by atoms with Crippen molar-refractivity contribution >= 4 is 5.78 Å². The summed E-state index contributed by atoms with van der Waals surface area (Å²) in [7, 11) is 0. The monoisotopic (exact) mass is 223 g/mol. The van der Waals surface area contributed by atoms with Gasteiger partial charge in [0.2, 0.25) is 0 Å². The van der Waals surface area contributed by atoms with E-state index in [1.54, 1.807) is 6.20 Å². The van der Waals surface area contributed by atoms with Gasteiger partial charge in [-0.15, -0.1) is 0 Å². The van der Waals surface area contributed by atoms with Crippen molar-refractivity contribution in [2.45, 2.75) is 19.3 Å². The molecule has 0 fully saturated rings. The maximum atomic E-state index is 11.7. The number of pyridine rings is 1. The van der Waals surface area contributed by atoms with Gasteiger partial charge in [0.1, 0.15) is 0 Å². The van der Waals surface area contributed by atoms with Crippen molar-refractivity contribution < 1.29 is 4.79 Å². The van der Waals surface area contributed by atoms with Crippen LogP contribution in [0.25, 0.3) is 11.1 Å². The first-order chi connectivity index (χ1) is 8.34. The zero-order valence-corrected chi connectivity index (χ0v) is 9.52. The number of hydrogen-bond acceptors (Lipinski definition) is 2. The van der Waals surface area contributed by atoms with Gasteiger partial charge in [0.15, 0.2) is 5.78 Å². The van der Waals surface area contributed by atoms with Gasteiger partial charge >= 0.3 is 0 Å². The summed E-state index contributed by atoms with van der Waals surface area (Å²) >= 11 is 0. The summed E-state index contributed by atoms with van der Waals surface area (Å²) in [4.78, 5) is 15.8. The number of carbonyl (C=O) groups excluding carboxylic acids is 1. The number of hydrogen-bond donors (Lipinski definition) is 0. The smallest absolute Gasteiger partial charge is 0.163 e. The molecule has 1 aromatic heterocycles. The van der Waals surface area contributed by atoms with Gasteiger partial charge in [-0.25, -0.2) is 0 Å². The van der Waals surface area contributed by atoms with Crippen LogP contribution in [0.4, 0.5) is 0 Å². The van der Waals surface area contributed by atoms with Crippen molar-refractivity contribution in [3.63, 3.8) is 0 Å². The Morgan fingerprint density at radius 2 is 2.00 bits per heavy atom. The van der Waals surface area contributed by atoms with Gasteiger partial charge in [-0.2, -0.15) is 0 Å². The van der Waals surface area contributed by atoms with Crippen LogP contribution in [0.3, 0.4) is 0 Å². The number of fused-ring (bicyclic) bond motifs is 1. The van der Waals surface area contributed by atoms with E-state index in [1.165, 1.54) is 5.56 Å². The molecule has 0 unspecified atom stereocenters. The molecule has 0 radical (unpaired) electrons. The number of aromatic nitrogens is 1. The van der Waals surface area contributed by atoms with E-state index in [0.29, 0.717) is 6.42 Å². The molecule has 17 heavy (non-hydrogen) atoms. The van der Waals surface area contributed by atoms with Crippen molar-refractivity contribution in [2.24, 2.45) is 0 Å². The SMILES string of the molecule is O=C1CCCc2cc(-c3cccnc3)ccc21. The Morgan fingerprint density at radius 3 is 2.82 bits per heavy atom. The fourth-order valence-corrected chi connectivity index (χ4v) is 2.36. The van der Waals surface area contributed by atoms with Crippen molar-refractivity contribution in [1.29, 1.82) is 0 Å². The molecule has 1 aliphatic rings. The minimum Gasteiger partial charge on any atom is -0.294 e. The van der Waals surface area contributed by atoms with E-state index in [4.69, 9.17) is 0 Å². The first kappa shape index (κ1) is 10.2. The van der Waals surface area contributed by atoms with Crippen LogP contribution in [0.2, 0.25) is 0 Å². The number of aryl methyl sites for hydroxylation is 1. The van der Waals surface area contributed by atoms with Crippen molar-refractivity contribution in [3.05, 3.63) is 53.9 Å². The highest BCUT2D eigenvalue weighted by atomic mass is 16.1. The summed E-state index contributed by atoms with van der Waals surface area (Å²) in [5, 5.41) is 0. The predicted octanol–water partition coefficient (Wildman–Crippen LogP) is 3.27. The quantitative estimate of drug-likeness (QED) is 0.742. The molecule has 0 saturated heterocycles. The normalized spacial score (nSPS) is 14.5. The number of benzene rings is 1. The van der Waals surface area contributed by atoms with E-state index < -0.39 is 0 Å². The zero-order valence-electron chi connectivity index (χ0n) is 9.52. The molecule has 0 atom stereocenters. The summed E-state index contributed by atoms with van der Waals surface area (Å²) in [6.45, 7) is 0. The number of carbonyl (C=O) groups is 1. The highest BCUT2D eigenvalue weighted by molar-refractivity contribution is 5.99. The molecule has 0 amide bonds. The second-order valence-electron chi connectivity index (χ2n) is 4.39. The second-order valence-corrected chi connectivity index (χ2v) is 4.39. The maximum Gasteiger partial charge on any atom is 0.163 e. The van der Waals surface area contributed by atoms with Gasteiger partial charge in [0.05, 0.1) is 0 Å². The molecule has 1 aliphatic carbocycles. The third kappa shape index (κ3) is 1.86. The first-order valence-corrected chi connectivity index (χ1v) is 5.91. The van der Waals surface area contributed by atoms with Crippen molar-refractivity contribution in [2.75, 3.05) is 0 Å². The van der Waals surface area contributed by atoms with Gasteiger partial charge in [-0.3, -0.25) is 9.78 Å². The Bertz CT molecular complexity index is 560. The van der Waals surface area contributed by atoms with E-state index in [1.807, 2.05) is 30.5 Å². The van der Waals surface area contributed by atoms with Gasteiger partial charge in [-0.1, -0.05) is 24.3 Å². The zero-order chi connectivity index (χ0) is 11.7. The summed E-state index contributed by atoms with van der Waals surface area (Å²) in [5.74, 6) is 0.281. The molecule has 0 saturated carbocycles. The van der Waals surface area contributed by atoms with E-state index in [9.17, 15) is 4.79 Å². The van der Waals surface area contributed by atoms with Crippen LogP contribution in [-0.4, -0.2) is 10.8 Å². The molecule has 0 aliphatic heterocycles. The van der Waals surface area contributed by atoms with Crippen LogP contribution < -0.4 is 0 Å². The maximum absolute atomic E-state index is 11.7. The average Bonchev–Trinajstić information content (AvgIpc) is 2.40. The van der Waals surface area contributed by atoms with E-state index >= 15 is 0 Å². The minimum absolute atomic E-state index is 0.281. The van der Waals surface area contributed by atoms with Crippen molar-refractivity contribution in [1.82, 2.24) is 4.98 Å². The highest BCUT2D eigenvalue weighted by Gasteiger charge is 2.17. The third-order valence-corrected chi connectivity index (χ3v) is 3.25. The lowest BCUT2D eigenvalue weighted by atomic mass is 9.88. The lowest BCUT2D eigenvalue weighted by Gasteiger charge is -2.15.